The molecule has 0 aliphatic carbocycles. The lowest BCUT2D eigenvalue weighted by molar-refractivity contribution is 0.0696. The summed E-state index contributed by atoms with van der Waals surface area (Å²) in [5.41, 5.74) is 1.67. The van der Waals surface area contributed by atoms with Crippen molar-refractivity contribution in [1.29, 1.82) is 0 Å². The minimum atomic E-state index is -3.52. The van der Waals surface area contributed by atoms with Gasteiger partial charge in [0, 0.05) is 5.69 Å². The zero-order chi connectivity index (χ0) is 13.9. The molecule has 0 saturated carbocycles. The van der Waals surface area contributed by atoms with Crippen LogP contribution < -0.4 is 4.72 Å². The molecule has 98 valence electrons. The molecule has 5 nitrogen and oxygen atoms in total. The number of hydrogen-bond acceptors (Lipinski definition) is 3. The molecule has 0 spiro atoms. The molecular formula is C12H15NO4S. The highest BCUT2D eigenvalue weighted by atomic mass is 32.2. The van der Waals surface area contributed by atoms with E-state index in [1.807, 2.05) is 0 Å². The van der Waals surface area contributed by atoms with Crippen LogP contribution in [0, 0.1) is 13.8 Å². The fraction of sp³-hybridized carbons (Fsp3) is 0.250. The summed E-state index contributed by atoms with van der Waals surface area (Å²) in [6.07, 6.45) is 1.27. The number of aryl methyl sites for hydroxylation is 1. The van der Waals surface area contributed by atoms with Gasteiger partial charge in [0.2, 0.25) is 10.0 Å². The Bertz CT molecular complexity index is 590. The molecule has 0 fully saturated rings. The standard InChI is InChI=1S/C12H15NO4S/c1-4-5-18(16,17)13-10-6-8(2)9(3)11(7-10)12(14)15/h4,6-7,13H,1,5H2,2-3H3,(H,14,15). The molecule has 2 N–H and O–H groups in total. The minimum Gasteiger partial charge on any atom is -0.478 e. The number of sulfonamides is 1. The lowest BCUT2D eigenvalue weighted by atomic mass is 10.0. The zero-order valence-electron chi connectivity index (χ0n) is 10.2. The highest BCUT2D eigenvalue weighted by Crippen LogP contribution is 2.21. The number of carbonyl (C=O) groups is 1. The van der Waals surface area contributed by atoms with Gasteiger partial charge < -0.3 is 5.11 Å². The van der Waals surface area contributed by atoms with Gasteiger partial charge >= 0.3 is 5.97 Å². The monoisotopic (exact) mass is 269 g/mol. The molecule has 6 heteroatoms. The van der Waals surface area contributed by atoms with E-state index in [0.29, 0.717) is 11.1 Å². The van der Waals surface area contributed by atoms with Crippen LogP contribution in [0.15, 0.2) is 24.8 Å². The maximum atomic E-state index is 11.5. The molecule has 0 aromatic heterocycles. The maximum absolute atomic E-state index is 11.5. The van der Waals surface area contributed by atoms with Crippen molar-refractivity contribution < 1.29 is 18.3 Å². The van der Waals surface area contributed by atoms with Crippen molar-refractivity contribution in [2.24, 2.45) is 0 Å². The molecule has 0 atom stereocenters. The van der Waals surface area contributed by atoms with Gasteiger partial charge in [0.25, 0.3) is 0 Å². The molecule has 0 unspecified atom stereocenters. The second-order valence-electron chi connectivity index (χ2n) is 3.94. The van der Waals surface area contributed by atoms with Crippen LogP contribution in [-0.2, 0) is 10.0 Å². The maximum Gasteiger partial charge on any atom is 0.336 e. The predicted octanol–water partition coefficient (Wildman–Crippen LogP) is 1.93. The molecule has 0 radical (unpaired) electrons. The van der Waals surface area contributed by atoms with Gasteiger partial charge in [-0.25, -0.2) is 13.2 Å². The molecular weight excluding hydrogens is 254 g/mol. The molecule has 0 aliphatic rings. The van der Waals surface area contributed by atoms with E-state index in [1.54, 1.807) is 19.9 Å². The third-order valence-corrected chi connectivity index (χ3v) is 3.73. The number of carboxylic acid groups (broad SMARTS) is 1. The third-order valence-electron chi connectivity index (χ3n) is 2.51. The first-order valence-corrected chi connectivity index (χ1v) is 6.88. The van der Waals surface area contributed by atoms with Crippen LogP contribution in [0.4, 0.5) is 5.69 Å². The van der Waals surface area contributed by atoms with Gasteiger partial charge in [0.05, 0.1) is 11.3 Å². The van der Waals surface area contributed by atoms with Gasteiger partial charge in [-0.2, -0.15) is 0 Å². The van der Waals surface area contributed by atoms with Gasteiger partial charge in [0.1, 0.15) is 0 Å². The van der Waals surface area contributed by atoms with Crippen LogP contribution in [0.1, 0.15) is 21.5 Å². The summed E-state index contributed by atoms with van der Waals surface area (Å²) in [4.78, 5) is 11.0. The molecule has 1 aromatic carbocycles. The topological polar surface area (TPSA) is 83.5 Å². The largest absolute Gasteiger partial charge is 0.478 e. The van der Waals surface area contributed by atoms with Gasteiger partial charge in [0.15, 0.2) is 0 Å². The van der Waals surface area contributed by atoms with Gasteiger partial charge in [-0.15, -0.1) is 6.58 Å². The van der Waals surface area contributed by atoms with E-state index in [1.165, 1.54) is 12.1 Å². The number of benzene rings is 1. The zero-order valence-corrected chi connectivity index (χ0v) is 11.0. The number of carboxylic acids is 1. The lowest BCUT2D eigenvalue weighted by Gasteiger charge is -2.11. The molecule has 1 aromatic rings. The van der Waals surface area contributed by atoms with Gasteiger partial charge in [-0.3, -0.25) is 4.72 Å². The van der Waals surface area contributed by atoms with E-state index in [2.05, 4.69) is 11.3 Å². The molecule has 1 rings (SSSR count). The highest BCUT2D eigenvalue weighted by Gasteiger charge is 2.14. The second-order valence-corrected chi connectivity index (χ2v) is 5.71. The van der Waals surface area contributed by atoms with Crippen molar-refractivity contribution >= 4 is 21.7 Å². The average molecular weight is 269 g/mol. The van der Waals surface area contributed by atoms with E-state index < -0.39 is 16.0 Å². The Kier molecular flexibility index (Phi) is 4.13. The van der Waals surface area contributed by atoms with Gasteiger partial charge in [-0.05, 0) is 37.1 Å². The van der Waals surface area contributed by atoms with Crippen molar-refractivity contribution in [3.63, 3.8) is 0 Å². The van der Waals surface area contributed by atoms with E-state index >= 15 is 0 Å². The minimum absolute atomic E-state index is 0.0892. The fourth-order valence-electron chi connectivity index (χ4n) is 1.52. The molecule has 0 saturated heterocycles. The quantitative estimate of drug-likeness (QED) is 0.800. The van der Waals surface area contributed by atoms with Crippen molar-refractivity contribution in [1.82, 2.24) is 0 Å². The normalized spacial score (nSPS) is 11.0. The Morgan fingerprint density at radius 3 is 2.56 bits per heavy atom. The third kappa shape index (κ3) is 3.33. The number of nitrogens with one attached hydrogen (secondary N) is 1. The van der Waals surface area contributed by atoms with Crippen LogP contribution in [0.3, 0.4) is 0 Å². The molecule has 18 heavy (non-hydrogen) atoms. The molecule has 0 aliphatic heterocycles. The summed E-state index contributed by atoms with van der Waals surface area (Å²) in [5, 5.41) is 9.02. The van der Waals surface area contributed by atoms with E-state index in [4.69, 9.17) is 5.11 Å². The Balaban J connectivity index is 3.20. The smallest absolute Gasteiger partial charge is 0.336 e. The van der Waals surface area contributed by atoms with Crippen LogP contribution in [0.5, 0.6) is 0 Å². The highest BCUT2D eigenvalue weighted by molar-refractivity contribution is 7.92. The predicted molar refractivity (Wildman–Crippen MR) is 70.5 cm³/mol. The molecule has 0 amide bonds. The van der Waals surface area contributed by atoms with Gasteiger partial charge in [-0.1, -0.05) is 6.08 Å². The first-order valence-electron chi connectivity index (χ1n) is 5.23. The van der Waals surface area contributed by atoms with E-state index in [9.17, 15) is 13.2 Å². The summed E-state index contributed by atoms with van der Waals surface area (Å²) in [6.45, 7) is 6.76. The number of rotatable bonds is 5. The Morgan fingerprint density at radius 1 is 1.44 bits per heavy atom. The second kappa shape index (κ2) is 5.22. The summed E-state index contributed by atoms with van der Waals surface area (Å²) in [6, 6.07) is 2.91. The van der Waals surface area contributed by atoms with Crippen LogP contribution in [-0.4, -0.2) is 25.2 Å². The van der Waals surface area contributed by atoms with Crippen molar-refractivity contribution in [2.75, 3.05) is 10.5 Å². The Hall–Kier alpha value is -1.82. The summed E-state index contributed by atoms with van der Waals surface area (Å²) < 4.78 is 25.4. The number of aromatic carboxylic acids is 1. The molecule has 0 heterocycles. The molecule has 0 bridgehead atoms. The first kappa shape index (κ1) is 14.2. The van der Waals surface area contributed by atoms with Crippen molar-refractivity contribution in [3.05, 3.63) is 41.5 Å². The Labute approximate surface area is 106 Å². The number of anilines is 1. The average Bonchev–Trinajstić information content (AvgIpc) is 2.21. The lowest BCUT2D eigenvalue weighted by Crippen LogP contribution is -2.16. The summed E-state index contributed by atoms with van der Waals surface area (Å²) in [7, 11) is -3.52. The SMILES string of the molecule is C=CCS(=O)(=O)Nc1cc(C)c(C)c(C(=O)O)c1. The van der Waals surface area contributed by atoms with E-state index in [-0.39, 0.29) is 17.0 Å². The summed E-state index contributed by atoms with van der Waals surface area (Å²) in [5.74, 6) is -1.30. The van der Waals surface area contributed by atoms with Crippen LogP contribution in [0.25, 0.3) is 0 Å². The fourth-order valence-corrected chi connectivity index (χ4v) is 2.39. The van der Waals surface area contributed by atoms with Crippen LogP contribution in [0.2, 0.25) is 0 Å². The van der Waals surface area contributed by atoms with Crippen LogP contribution >= 0.6 is 0 Å². The van der Waals surface area contributed by atoms with Crippen molar-refractivity contribution in [3.8, 4) is 0 Å². The first-order chi connectivity index (χ1) is 8.26. The Morgan fingerprint density at radius 2 is 2.06 bits per heavy atom. The summed E-state index contributed by atoms with van der Waals surface area (Å²) >= 11 is 0. The van der Waals surface area contributed by atoms with Crippen molar-refractivity contribution in [2.45, 2.75) is 13.8 Å². The van der Waals surface area contributed by atoms with E-state index in [0.717, 1.165) is 0 Å². The number of hydrogen-bond donors (Lipinski definition) is 2.